The third-order valence-corrected chi connectivity index (χ3v) is 6.26. The van der Waals surface area contributed by atoms with E-state index in [4.69, 9.17) is 16.6 Å². The lowest BCUT2D eigenvalue weighted by Crippen LogP contribution is -2.39. The lowest BCUT2D eigenvalue weighted by molar-refractivity contribution is 0.261. The maximum atomic E-state index is 13.2. The van der Waals surface area contributed by atoms with Crippen molar-refractivity contribution in [3.8, 4) is 5.82 Å². The molecule has 1 aliphatic heterocycles. The van der Waals surface area contributed by atoms with Crippen LogP contribution in [-0.4, -0.2) is 55.4 Å². The van der Waals surface area contributed by atoms with Gasteiger partial charge in [-0.2, -0.15) is 4.98 Å². The zero-order valence-electron chi connectivity index (χ0n) is 19.5. The molecule has 2 N–H and O–H groups in total. The molecule has 0 bridgehead atoms. The SMILES string of the molecule is C=CCn1c(=O)c2cnc(Nc3ccc(Cl)cc3)nc2n1-c1cccc(N[C@H]2CCCN(C)C2)n1. The van der Waals surface area contributed by atoms with E-state index in [9.17, 15) is 4.79 Å². The topological polar surface area (TPSA) is 92.9 Å². The van der Waals surface area contributed by atoms with Crippen molar-refractivity contribution in [3.63, 3.8) is 0 Å². The molecule has 9 nitrogen and oxygen atoms in total. The van der Waals surface area contributed by atoms with Crippen LogP contribution in [0.25, 0.3) is 16.9 Å². The van der Waals surface area contributed by atoms with Gasteiger partial charge in [0.1, 0.15) is 11.2 Å². The minimum absolute atomic E-state index is 0.202. The Hall–Kier alpha value is -3.69. The molecular formula is C25H27ClN8O. The third kappa shape index (κ3) is 4.91. The summed E-state index contributed by atoms with van der Waals surface area (Å²) in [5.74, 6) is 1.71. The van der Waals surface area contributed by atoms with Gasteiger partial charge in [-0.25, -0.2) is 19.3 Å². The van der Waals surface area contributed by atoms with Crippen LogP contribution in [0.1, 0.15) is 12.8 Å². The zero-order valence-corrected chi connectivity index (χ0v) is 20.2. The van der Waals surface area contributed by atoms with Crippen LogP contribution in [0.5, 0.6) is 0 Å². The minimum Gasteiger partial charge on any atom is -0.366 e. The number of piperidine rings is 1. The first kappa shape index (κ1) is 23.1. The molecule has 0 saturated carbocycles. The van der Waals surface area contributed by atoms with Crippen molar-refractivity contribution < 1.29 is 0 Å². The number of pyridine rings is 1. The van der Waals surface area contributed by atoms with Gasteiger partial charge in [-0.1, -0.05) is 23.7 Å². The number of fused-ring (bicyclic) bond motifs is 1. The molecule has 0 unspecified atom stereocenters. The molecule has 1 aliphatic rings. The lowest BCUT2D eigenvalue weighted by Gasteiger charge is -2.30. The zero-order chi connectivity index (χ0) is 24.4. The van der Waals surface area contributed by atoms with E-state index < -0.39 is 0 Å². The van der Waals surface area contributed by atoms with Gasteiger partial charge in [0.2, 0.25) is 5.95 Å². The fraction of sp³-hybridized carbons (Fsp3) is 0.280. The van der Waals surface area contributed by atoms with Crippen molar-refractivity contribution in [1.82, 2.24) is 29.2 Å². The van der Waals surface area contributed by atoms with Gasteiger partial charge in [0.25, 0.3) is 5.56 Å². The van der Waals surface area contributed by atoms with Crippen molar-refractivity contribution in [3.05, 3.63) is 76.7 Å². The number of nitrogens with zero attached hydrogens (tertiary/aromatic N) is 6. The number of likely N-dealkylation sites (N-methyl/N-ethyl adjacent to an activating group) is 1. The maximum Gasteiger partial charge on any atom is 0.278 e. The summed E-state index contributed by atoms with van der Waals surface area (Å²) in [5, 5.41) is 7.76. The predicted octanol–water partition coefficient (Wildman–Crippen LogP) is 4.07. The second kappa shape index (κ2) is 9.89. The molecule has 0 amide bonds. The number of halogens is 1. The summed E-state index contributed by atoms with van der Waals surface area (Å²) in [6, 6.07) is 13.3. The van der Waals surface area contributed by atoms with E-state index in [1.165, 1.54) is 0 Å². The van der Waals surface area contributed by atoms with Crippen LogP contribution < -0.4 is 16.2 Å². The second-order valence-electron chi connectivity index (χ2n) is 8.68. The fourth-order valence-corrected chi connectivity index (χ4v) is 4.51. The van der Waals surface area contributed by atoms with Gasteiger partial charge >= 0.3 is 0 Å². The first-order valence-electron chi connectivity index (χ1n) is 11.6. The minimum atomic E-state index is -0.202. The fourth-order valence-electron chi connectivity index (χ4n) is 4.39. The Kier molecular flexibility index (Phi) is 6.52. The van der Waals surface area contributed by atoms with Crippen LogP contribution in [0, 0.1) is 0 Å². The molecule has 5 rings (SSSR count). The molecule has 0 aliphatic carbocycles. The first-order valence-corrected chi connectivity index (χ1v) is 11.9. The Morgan fingerprint density at radius 2 is 2.03 bits per heavy atom. The molecule has 1 saturated heterocycles. The lowest BCUT2D eigenvalue weighted by atomic mass is 10.1. The molecule has 10 heteroatoms. The Morgan fingerprint density at radius 1 is 1.20 bits per heavy atom. The van der Waals surface area contributed by atoms with Crippen LogP contribution in [0.2, 0.25) is 5.02 Å². The Bertz CT molecular complexity index is 1410. The number of allylic oxidation sites excluding steroid dienone is 1. The van der Waals surface area contributed by atoms with Crippen molar-refractivity contribution in [1.29, 1.82) is 0 Å². The average molecular weight is 491 g/mol. The van der Waals surface area contributed by atoms with Crippen LogP contribution in [0.4, 0.5) is 17.5 Å². The number of likely N-dealkylation sites (tertiary alicyclic amines) is 1. The van der Waals surface area contributed by atoms with E-state index in [-0.39, 0.29) is 5.56 Å². The molecule has 1 fully saturated rings. The molecule has 0 radical (unpaired) electrons. The molecule has 3 aromatic heterocycles. The van der Waals surface area contributed by atoms with Gasteiger partial charge in [-0.15, -0.1) is 6.58 Å². The van der Waals surface area contributed by atoms with Crippen molar-refractivity contribution in [2.75, 3.05) is 30.8 Å². The molecular weight excluding hydrogens is 464 g/mol. The molecule has 35 heavy (non-hydrogen) atoms. The van der Waals surface area contributed by atoms with Crippen LogP contribution in [0.3, 0.4) is 0 Å². The van der Waals surface area contributed by atoms with Gasteiger partial charge in [0.05, 0.1) is 6.54 Å². The summed E-state index contributed by atoms with van der Waals surface area (Å²) in [7, 11) is 2.13. The number of rotatable bonds is 7. The maximum absolute atomic E-state index is 13.2. The molecule has 180 valence electrons. The molecule has 4 aromatic rings. The molecule has 1 atom stereocenters. The third-order valence-electron chi connectivity index (χ3n) is 6.01. The number of nitrogens with one attached hydrogen (secondary N) is 2. The van der Waals surface area contributed by atoms with Crippen molar-refractivity contribution >= 4 is 40.1 Å². The molecule has 1 aromatic carbocycles. The summed E-state index contributed by atoms with van der Waals surface area (Å²) in [6.45, 7) is 6.20. The summed E-state index contributed by atoms with van der Waals surface area (Å²) in [4.78, 5) is 29.4. The van der Waals surface area contributed by atoms with Crippen LogP contribution >= 0.6 is 11.6 Å². The monoisotopic (exact) mass is 490 g/mol. The number of benzene rings is 1. The van der Waals surface area contributed by atoms with Gasteiger partial charge in [0.15, 0.2) is 11.5 Å². The smallest absolute Gasteiger partial charge is 0.278 e. The highest BCUT2D eigenvalue weighted by Gasteiger charge is 2.20. The van der Waals surface area contributed by atoms with Gasteiger partial charge in [-0.05, 0) is 62.8 Å². The summed E-state index contributed by atoms with van der Waals surface area (Å²) >= 11 is 5.99. The quantitative estimate of drug-likeness (QED) is 0.377. The van der Waals surface area contributed by atoms with E-state index in [0.717, 1.165) is 37.4 Å². The Balaban J connectivity index is 1.55. The number of hydrogen-bond acceptors (Lipinski definition) is 7. The van der Waals surface area contributed by atoms with Gasteiger partial charge < -0.3 is 15.5 Å². The van der Waals surface area contributed by atoms with Gasteiger partial charge in [0, 0.05) is 29.5 Å². The normalized spacial score (nSPS) is 16.3. The highest BCUT2D eigenvalue weighted by atomic mass is 35.5. The Morgan fingerprint density at radius 3 is 2.80 bits per heavy atom. The largest absolute Gasteiger partial charge is 0.366 e. The highest BCUT2D eigenvalue weighted by molar-refractivity contribution is 6.30. The standard InChI is InChI=1S/C25H27ClN8O/c1-3-13-33-24(35)20-15-27-25(29-18-11-9-17(26)10-12-18)31-23(20)34(33)22-8-4-7-21(30-22)28-19-6-5-14-32(2)16-19/h3-4,7-12,15,19H,1,5-6,13-14,16H2,2H3,(H,28,30)(H,27,29,31)/t19-/m0/s1. The van der Waals surface area contributed by atoms with E-state index in [1.54, 1.807) is 33.8 Å². The summed E-state index contributed by atoms with van der Waals surface area (Å²) in [6.07, 6.45) is 5.46. The highest BCUT2D eigenvalue weighted by Crippen LogP contribution is 2.21. The van der Waals surface area contributed by atoms with E-state index in [0.29, 0.717) is 40.4 Å². The predicted molar refractivity (Wildman–Crippen MR) is 140 cm³/mol. The molecule has 0 spiro atoms. The summed E-state index contributed by atoms with van der Waals surface area (Å²) < 4.78 is 3.30. The van der Waals surface area contributed by atoms with Crippen LogP contribution in [-0.2, 0) is 6.54 Å². The van der Waals surface area contributed by atoms with Crippen molar-refractivity contribution in [2.24, 2.45) is 0 Å². The van der Waals surface area contributed by atoms with E-state index >= 15 is 0 Å². The Labute approximate surface area is 208 Å². The second-order valence-corrected chi connectivity index (χ2v) is 9.11. The van der Waals surface area contributed by atoms with Crippen LogP contribution in [0.15, 0.2) is 66.1 Å². The number of hydrogen-bond donors (Lipinski definition) is 2. The van der Waals surface area contributed by atoms with Crippen molar-refractivity contribution in [2.45, 2.75) is 25.4 Å². The molecule has 4 heterocycles. The summed E-state index contributed by atoms with van der Waals surface area (Å²) in [5.41, 5.74) is 1.05. The van der Waals surface area contributed by atoms with E-state index in [1.807, 2.05) is 30.3 Å². The number of anilines is 3. The first-order chi connectivity index (χ1) is 17.0. The number of aromatic nitrogens is 5. The van der Waals surface area contributed by atoms with Gasteiger partial charge in [-0.3, -0.25) is 4.79 Å². The van der Waals surface area contributed by atoms with E-state index in [2.05, 4.69) is 39.1 Å². The average Bonchev–Trinajstić information content (AvgIpc) is 3.12.